The zero-order valence-corrected chi connectivity index (χ0v) is 13.8. The summed E-state index contributed by atoms with van der Waals surface area (Å²) in [5, 5.41) is 23.0. The molecule has 0 bridgehead atoms. The van der Waals surface area contributed by atoms with Gasteiger partial charge in [0.2, 0.25) is 5.91 Å². The van der Waals surface area contributed by atoms with Crippen LogP contribution in [0, 0.1) is 11.3 Å². The number of nitrogens with zero attached hydrogens (tertiary/aromatic N) is 1. The summed E-state index contributed by atoms with van der Waals surface area (Å²) in [6, 6.07) is 15.7. The number of hydrogen-bond acceptors (Lipinski definition) is 4. The molecule has 0 fully saturated rings. The maximum absolute atomic E-state index is 12.0. The van der Waals surface area contributed by atoms with Gasteiger partial charge in [-0.2, -0.15) is 5.26 Å². The predicted octanol–water partition coefficient (Wildman–Crippen LogP) is 1.10. The minimum absolute atomic E-state index is 0.0310. The maximum atomic E-state index is 12.0. The Balaban J connectivity index is 1.92. The number of amides is 2. The van der Waals surface area contributed by atoms with Crippen molar-refractivity contribution in [3.8, 4) is 6.07 Å². The van der Waals surface area contributed by atoms with Gasteiger partial charge in [0.15, 0.2) is 0 Å². The Morgan fingerprint density at radius 3 is 2.46 bits per heavy atom. The van der Waals surface area contributed by atoms with Crippen LogP contribution >= 0.6 is 0 Å². The number of carboxylic acids is 1. The first kappa shape index (κ1) is 18.7. The molecule has 0 aliphatic heterocycles. The number of carbonyl (C=O) groups is 3. The Morgan fingerprint density at radius 1 is 1.08 bits per heavy atom. The van der Waals surface area contributed by atoms with E-state index in [1.165, 1.54) is 0 Å². The number of benzene rings is 2. The monoisotopic (exact) mass is 351 g/mol. The van der Waals surface area contributed by atoms with E-state index in [1.807, 2.05) is 6.07 Å². The molecular weight excluding hydrogens is 334 g/mol. The molecule has 0 aliphatic rings. The standard InChI is InChI=1S/C19H17N3O4/c20-11-14-6-4-5-13(9-14)10-16(19(25)26)22-17(23)12-21-18(24)15-7-2-1-3-8-15/h1-9,16H,10,12H2,(H,21,24)(H,22,23)(H,25,26)/t16-/m1/s1. The van der Waals surface area contributed by atoms with Crippen molar-refractivity contribution in [2.45, 2.75) is 12.5 Å². The topological polar surface area (TPSA) is 119 Å². The van der Waals surface area contributed by atoms with Gasteiger partial charge in [-0.1, -0.05) is 30.3 Å². The van der Waals surface area contributed by atoms with Crippen LogP contribution in [0.15, 0.2) is 54.6 Å². The summed E-state index contributed by atoms with van der Waals surface area (Å²) in [7, 11) is 0. The fourth-order valence-electron chi connectivity index (χ4n) is 2.30. The molecule has 0 aromatic heterocycles. The van der Waals surface area contributed by atoms with Gasteiger partial charge in [-0.25, -0.2) is 4.79 Å². The summed E-state index contributed by atoms with van der Waals surface area (Å²) in [6.07, 6.45) is 0.0310. The molecule has 1 atom stereocenters. The molecule has 7 nitrogen and oxygen atoms in total. The molecule has 2 amide bonds. The molecule has 2 rings (SSSR count). The van der Waals surface area contributed by atoms with E-state index in [4.69, 9.17) is 5.26 Å². The lowest BCUT2D eigenvalue weighted by molar-refractivity contribution is -0.141. The fraction of sp³-hybridized carbons (Fsp3) is 0.158. The number of carboxylic acid groups (broad SMARTS) is 1. The highest BCUT2D eigenvalue weighted by Gasteiger charge is 2.21. The molecule has 2 aromatic rings. The molecule has 3 N–H and O–H groups in total. The van der Waals surface area contributed by atoms with E-state index in [1.54, 1.807) is 54.6 Å². The van der Waals surface area contributed by atoms with Gasteiger partial charge in [0, 0.05) is 12.0 Å². The van der Waals surface area contributed by atoms with Crippen molar-refractivity contribution < 1.29 is 19.5 Å². The van der Waals surface area contributed by atoms with Crippen LogP contribution in [0.5, 0.6) is 0 Å². The zero-order valence-electron chi connectivity index (χ0n) is 13.8. The average Bonchev–Trinajstić information content (AvgIpc) is 2.66. The lowest BCUT2D eigenvalue weighted by atomic mass is 10.0. The van der Waals surface area contributed by atoms with Crippen molar-refractivity contribution in [1.29, 1.82) is 5.26 Å². The van der Waals surface area contributed by atoms with Crippen LogP contribution < -0.4 is 10.6 Å². The third-order valence-corrected chi connectivity index (χ3v) is 3.57. The molecule has 0 spiro atoms. The summed E-state index contributed by atoms with van der Waals surface area (Å²) in [5.41, 5.74) is 1.43. The Morgan fingerprint density at radius 2 is 1.81 bits per heavy atom. The minimum atomic E-state index is -1.20. The van der Waals surface area contributed by atoms with Gasteiger partial charge in [0.05, 0.1) is 18.2 Å². The molecule has 0 saturated carbocycles. The van der Waals surface area contributed by atoms with Crippen LogP contribution in [0.4, 0.5) is 0 Å². The first-order chi connectivity index (χ1) is 12.5. The Bertz CT molecular complexity index is 843. The Hall–Kier alpha value is -3.66. The van der Waals surface area contributed by atoms with Crippen molar-refractivity contribution in [2.75, 3.05) is 6.54 Å². The third kappa shape index (κ3) is 5.46. The molecule has 26 heavy (non-hydrogen) atoms. The number of nitriles is 1. The van der Waals surface area contributed by atoms with Crippen molar-refractivity contribution in [1.82, 2.24) is 10.6 Å². The SMILES string of the molecule is N#Cc1cccc(C[C@@H](NC(=O)CNC(=O)c2ccccc2)C(=O)O)c1. The van der Waals surface area contributed by atoms with Crippen LogP contribution in [0.1, 0.15) is 21.5 Å². The fourth-order valence-corrected chi connectivity index (χ4v) is 2.30. The second kappa shape index (κ2) is 8.99. The van der Waals surface area contributed by atoms with Gasteiger partial charge >= 0.3 is 5.97 Å². The van der Waals surface area contributed by atoms with Gasteiger partial charge in [-0.3, -0.25) is 9.59 Å². The van der Waals surface area contributed by atoms with Crippen LogP contribution in [0.3, 0.4) is 0 Å². The van der Waals surface area contributed by atoms with Gasteiger partial charge in [-0.05, 0) is 29.8 Å². The van der Waals surface area contributed by atoms with E-state index < -0.39 is 23.8 Å². The number of aliphatic carboxylic acids is 1. The summed E-state index contributed by atoms with van der Waals surface area (Å²) >= 11 is 0. The molecule has 0 aliphatic carbocycles. The minimum Gasteiger partial charge on any atom is -0.480 e. The zero-order chi connectivity index (χ0) is 18.9. The summed E-state index contributed by atoms with van der Waals surface area (Å²) in [5.74, 6) is -2.23. The molecular formula is C19H17N3O4. The van der Waals surface area contributed by atoms with E-state index >= 15 is 0 Å². The van der Waals surface area contributed by atoms with Gasteiger partial charge in [-0.15, -0.1) is 0 Å². The molecule has 7 heteroatoms. The molecule has 2 aromatic carbocycles. The Labute approximate surface area is 150 Å². The first-order valence-electron chi connectivity index (χ1n) is 7.84. The van der Waals surface area contributed by atoms with E-state index in [9.17, 15) is 19.5 Å². The quantitative estimate of drug-likeness (QED) is 0.690. The van der Waals surface area contributed by atoms with Crippen LogP contribution in [0.25, 0.3) is 0 Å². The molecule has 0 radical (unpaired) electrons. The average molecular weight is 351 g/mol. The smallest absolute Gasteiger partial charge is 0.326 e. The maximum Gasteiger partial charge on any atom is 0.326 e. The normalized spacial score (nSPS) is 11.0. The second-order valence-electron chi connectivity index (χ2n) is 5.52. The lowest BCUT2D eigenvalue weighted by Gasteiger charge is -2.15. The molecule has 132 valence electrons. The van der Waals surface area contributed by atoms with Crippen molar-refractivity contribution in [3.05, 3.63) is 71.3 Å². The summed E-state index contributed by atoms with van der Waals surface area (Å²) in [4.78, 5) is 35.2. The van der Waals surface area contributed by atoms with E-state index in [0.29, 0.717) is 16.7 Å². The van der Waals surface area contributed by atoms with E-state index in [-0.39, 0.29) is 13.0 Å². The van der Waals surface area contributed by atoms with Crippen molar-refractivity contribution in [2.24, 2.45) is 0 Å². The number of rotatable bonds is 7. The lowest BCUT2D eigenvalue weighted by Crippen LogP contribution is -2.46. The Kier molecular flexibility index (Phi) is 6.46. The predicted molar refractivity (Wildman–Crippen MR) is 93.2 cm³/mol. The van der Waals surface area contributed by atoms with Gasteiger partial charge < -0.3 is 15.7 Å². The van der Waals surface area contributed by atoms with Crippen LogP contribution in [0.2, 0.25) is 0 Å². The number of hydrogen-bond donors (Lipinski definition) is 3. The molecule has 0 heterocycles. The number of carbonyl (C=O) groups excluding carboxylic acids is 2. The largest absolute Gasteiger partial charge is 0.480 e. The summed E-state index contributed by atoms with van der Waals surface area (Å²) < 4.78 is 0. The molecule has 0 saturated heterocycles. The molecule has 0 unspecified atom stereocenters. The van der Waals surface area contributed by atoms with Crippen molar-refractivity contribution in [3.63, 3.8) is 0 Å². The van der Waals surface area contributed by atoms with Gasteiger partial charge in [0.25, 0.3) is 5.91 Å². The highest BCUT2D eigenvalue weighted by atomic mass is 16.4. The van der Waals surface area contributed by atoms with Gasteiger partial charge in [0.1, 0.15) is 6.04 Å². The van der Waals surface area contributed by atoms with Crippen molar-refractivity contribution >= 4 is 17.8 Å². The summed E-state index contributed by atoms with van der Waals surface area (Å²) in [6.45, 7) is -0.338. The van der Waals surface area contributed by atoms with E-state index in [2.05, 4.69) is 10.6 Å². The van der Waals surface area contributed by atoms with E-state index in [0.717, 1.165) is 0 Å². The third-order valence-electron chi connectivity index (χ3n) is 3.57. The number of nitrogens with one attached hydrogen (secondary N) is 2. The van der Waals surface area contributed by atoms with Crippen LogP contribution in [-0.4, -0.2) is 35.5 Å². The van der Waals surface area contributed by atoms with Crippen LogP contribution in [-0.2, 0) is 16.0 Å². The first-order valence-corrected chi connectivity index (χ1v) is 7.84. The highest BCUT2D eigenvalue weighted by molar-refractivity contribution is 5.96. The highest BCUT2D eigenvalue weighted by Crippen LogP contribution is 2.07. The second-order valence-corrected chi connectivity index (χ2v) is 5.52.